The van der Waals surface area contributed by atoms with Crippen molar-refractivity contribution in [1.29, 1.82) is 0 Å². The summed E-state index contributed by atoms with van der Waals surface area (Å²) in [4.78, 5) is 14.8. The Bertz CT molecular complexity index is 1150. The summed E-state index contributed by atoms with van der Waals surface area (Å²) < 4.78 is 68.0. The van der Waals surface area contributed by atoms with E-state index in [-0.39, 0.29) is 36.0 Å². The minimum absolute atomic E-state index is 0.00706. The molecule has 6 nitrogen and oxygen atoms in total. The maximum absolute atomic E-state index is 14.4. The summed E-state index contributed by atoms with van der Waals surface area (Å²) in [6.07, 6.45) is 1.88. The van der Waals surface area contributed by atoms with Gasteiger partial charge in [0.2, 0.25) is 15.9 Å². The smallest absolute Gasteiger partial charge is 0.232 e. The van der Waals surface area contributed by atoms with Crippen LogP contribution < -0.4 is 4.72 Å². The van der Waals surface area contributed by atoms with Crippen LogP contribution in [0.3, 0.4) is 0 Å². The SMILES string of the molecule is CS(=O)(=O)NC[C@@H]1CCN1C(=O)[C@@]1(CO)C[C@@H]1c1ccc(F)cc1-c1c(F)cccc1F. The molecule has 1 aliphatic heterocycles. The second-order valence-electron chi connectivity index (χ2n) is 8.46. The highest BCUT2D eigenvalue weighted by atomic mass is 32.2. The zero-order valence-corrected chi connectivity index (χ0v) is 18.1. The Morgan fingerprint density at radius 2 is 1.91 bits per heavy atom. The first-order valence-electron chi connectivity index (χ1n) is 10.2. The van der Waals surface area contributed by atoms with Crippen molar-refractivity contribution in [2.45, 2.75) is 24.8 Å². The number of carbonyl (C=O) groups excluding carboxylic acids is 1. The van der Waals surface area contributed by atoms with Gasteiger partial charge in [0.1, 0.15) is 17.5 Å². The van der Waals surface area contributed by atoms with E-state index in [1.54, 1.807) is 0 Å². The van der Waals surface area contributed by atoms with Gasteiger partial charge < -0.3 is 10.0 Å². The number of nitrogens with one attached hydrogen (secondary N) is 1. The molecule has 0 radical (unpaired) electrons. The molecule has 2 N–H and O–H groups in total. The van der Waals surface area contributed by atoms with Gasteiger partial charge in [0, 0.05) is 25.0 Å². The van der Waals surface area contributed by atoms with Crippen molar-refractivity contribution in [2.24, 2.45) is 5.41 Å². The van der Waals surface area contributed by atoms with Crippen LogP contribution in [-0.4, -0.2) is 56.3 Å². The second-order valence-corrected chi connectivity index (χ2v) is 10.3. The van der Waals surface area contributed by atoms with Crippen molar-refractivity contribution >= 4 is 15.9 Å². The Morgan fingerprint density at radius 3 is 2.47 bits per heavy atom. The van der Waals surface area contributed by atoms with Gasteiger partial charge in [-0.1, -0.05) is 12.1 Å². The zero-order valence-electron chi connectivity index (χ0n) is 17.3. The lowest BCUT2D eigenvalue weighted by Gasteiger charge is -2.43. The Kier molecular flexibility index (Phi) is 5.81. The number of likely N-dealkylation sites (tertiary alicyclic amines) is 1. The maximum atomic E-state index is 14.4. The predicted molar refractivity (Wildman–Crippen MR) is 112 cm³/mol. The van der Waals surface area contributed by atoms with E-state index in [0.29, 0.717) is 18.5 Å². The lowest BCUT2D eigenvalue weighted by molar-refractivity contribution is -0.146. The average molecular weight is 468 g/mol. The Labute approximate surface area is 184 Å². The molecule has 1 amide bonds. The van der Waals surface area contributed by atoms with Gasteiger partial charge in [0.05, 0.1) is 23.8 Å². The van der Waals surface area contributed by atoms with Gasteiger partial charge in [-0.25, -0.2) is 26.3 Å². The van der Waals surface area contributed by atoms with E-state index in [9.17, 15) is 31.5 Å². The summed E-state index contributed by atoms with van der Waals surface area (Å²) in [5.74, 6) is -3.29. The number of amides is 1. The molecule has 0 unspecified atom stereocenters. The molecule has 1 saturated heterocycles. The molecule has 3 atom stereocenters. The average Bonchev–Trinajstić information content (AvgIpc) is 3.42. The molecule has 1 saturated carbocycles. The van der Waals surface area contributed by atoms with Crippen LogP contribution in [0.5, 0.6) is 0 Å². The van der Waals surface area contributed by atoms with E-state index in [2.05, 4.69) is 4.72 Å². The van der Waals surface area contributed by atoms with Gasteiger partial charge in [-0.2, -0.15) is 0 Å². The number of aliphatic hydroxyl groups is 1. The van der Waals surface area contributed by atoms with Gasteiger partial charge in [0.25, 0.3) is 0 Å². The van der Waals surface area contributed by atoms with Gasteiger partial charge in [-0.3, -0.25) is 4.79 Å². The van der Waals surface area contributed by atoms with Crippen molar-refractivity contribution in [2.75, 3.05) is 26.0 Å². The molecule has 2 aliphatic rings. The molecule has 2 aromatic rings. The number of hydrogen-bond acceptors (Lipinski definition) is 4. The number of nitrogens with zero attached hydrogens (tertiary/aromatic N) is 1. The standard InChI is InChI=1S/C22H23F3N2O4S/c1-32(30,31)26-11-14-7-8-27(14)21(29)22(12-28)10-17(22)15-6-5-13(23)9-16(15)20-18(24)3-2-4-19(20)25/h2-6,9,14,17,26,28H,7-8,10-12H2,1H3/t14-,17+,22+/m0/s1. The zero-order chi connectivity index (χ0) is 23.3. The van der Waals surface area contributed by atoms with Crippen LogP contribution in [0.1, 0.15) is 24.3 Å². The quantitative estimate of drug-likeness (QED) is 0.654. The summed E-state index contributed by atoms with van der Waals surface area (Å²) in [5.41, 5.74) is -1.19. The van der Waals surface area contributed by atoms with E-state index >= 15 is 0 Å². The molecule has 172 valence electrons. The van der Waals surface area contributed by atoms with Crippen LogP contribution in [0.15, 0.2) is 36.4 Å². The molecule has 32 heavy (non-hydrogen) atoms. The summed E-state index contributed by atoms with van der Waals surface area (Å²) in [6.45, 7) is -0.00356. The fourth-order valence-corrected chi connectivity index (χ4v) is 4.94. The number of carbonyl (C=O) groups is 1. The molecule has 0 spiro atoms. The molecule has 2 aromatic carbocycles. The Morgan fingerprint density at radius 1 is 1.22 bits per heavy atom. The third kappa shape index (κ3) is 4.02. The normalized spacial score (nSPS) is 24.8. The maximum Gasteiger partial charge on any atom is 0.232 e. The van der Waals surface area contributed by atoms with Gasteiger partial charge >= 0.3 is 0 Å². The van der Waals surface area contributed by atoms with E-state index < -0.39 is 45.4 Å². The molecular formula is C22H23F3N2O4S. The number of halogens is 3. The molecule has 1 heterocycles. The van der Waals surface area contributed by atoms with Crippen molar-refractivity contribution in [1.82, 2.24) is 9.62 Å². The summed E-state index contributed by atoms with van der Waals surface area (Å²) in [7, 11) is -3.42. The van der Waals surface area contributed by atoms with Crippen LogP contribution in [-0.2, 0) is 14.8 Å². The number of hydrogen-bond donors (Lipinski definition) is 2. The predicted octanol–water partition coefficient (Wildman–Crippen LogP) is 2.39. The van der Waals surface area contributed by atoms with E-state index in [4.69, 9.17) is 0 Å². The van der Waals surface area contributed by atoms with Crippen molar-refractivity contribution in [3.63, 3.8) is 0 Å². The first-order chi connectivity index (χ1) is 15.1. The van der Waals surface area contributed by atoms with E-state index in [1.165, 1.54) is 17.0 Å². The number of aliphatic hydroxyl groups excluding tert-OH is 1. The van der Waals surface area contributed by atoms with Crippen molar-refractivity contribution in [3.05, 3.63) is 59.4 Å². The van der Waals surface area contributed by atoms with E-state index in [0.717, 1.165) is 30.5 Å². The highest BCUT2D eigenvalue weighted by molar-refractivity contribution is 7.88. The minimum atomic E-state index is -3.42. The lowest BCUT2D eigenvalue weighted by Crippen LogP contribution is -2.58. The molecule has 1 aliphatic carbocycles. The molecular weight excluding hydrogens is 445 g/mol. The van der Waals surface area contributed by atoms with Crippen LogP contribution in [0.2, 0.25) is 0 Å². The van der Waals surface area contributed by atoms with Gasteiger partial charge in [-0.15, -0.1) is 0 Å². The first kappa shape index (κ1) is 22.8. The summed E-state index contributed by atoms with van der Waals surface area (Å²) in [5, 5.41) is 10.1. The minimum Gasteiger partial charge on any atom is -0.395 e. The van der Waals surface area contributed by atoms with E-state index in [1.807, 2.05) is 0 Å². The second kappa shape index (κ2) is 8.17. The number of sulfonamides is 1. The van der Waals surface area contributed by atoms with Crippen molar-refractivity contribution < 1.29 is 31.5 Å². The topological polar surface area (TPSA) is 86.7 Å². The summed E-state index contributed by atoms with van der Waals surface area (Å²) in [6, 6.07) is 6.60. The molecule has 2 fully saturated rings. The highest BCUT2D eigenvalue weighted by Crippen LogP contribution is 2.62. The van der Waals surface area contributed by atoms with Crippen LogP contribution in [0, 0.1) is 22.9 Å². The number of rotatable bonds is 7. The highest BCUT2D eigenvalue weighted by Gasteiger charge is 2.63. The third-order valence-electron chi connectivity index (χ3n) is 6.39. The lowest BCUT2D eigenvalue weighted by atomic mass is 9.89. The monoisotopic (exact) mass is 468 g/mol. The van der Waals surface area contributed by atoms with Crippen LogP contribution >= 0.6 is 0 Å². The molecule has 4 rings (SSSR count). The van der Waals surface area contributed by atoms with Crippen LogP contribution in [0.25, 0.3) is 11.1 Å². The molecule has 0 bridgehead atoms. The Balaban J connectivity index is 1.63. The summed E-state index contributed by atoms with van der Waals surface area (Å²) >= 11 is 0. The first-order valence-corrected chi connectivity index (χ1v) is 12.1. The largest absolute Gasteiger partial charge is 0.395 e. The Hall–Kier alpha value is -2.43. The third-order valence-corrected chi connectivity index (χ3v) is 7.08. The van der Waals surface area contributed by atoms with Crippen molar-refractivity contribution in [3.8, 4) is 11.1 Å². The van der Waals surface area contributed by atoms with Gasteiger partial charge in [0.15, 0.2) is 0 Å². The van der Waals surface area contributed by atoms with Crippen LogP contribution in [0.4, 0.5) is 13.2 Å². The number of benzene rings is 2. The molecule has 0 aromatic heterocycles. The fourth-order valence-electron chi connectivity index (χ4n) is 4.45. The fraction of sp³-hybridized carbons (Fsp3) is 0.409. The molecule has 10 heteroatoms. The van der Waals surface area contributed by atoms with Gasteiger partial charge in [-0.05, 0) is 48.2 Å².